The molecule has 0 bridgehead atoms. The fourth-order valence-corrected chi connectivity index (χ4v) is 4.21. The van der Waals surface area contributed by atoms with Gasteiger partial charge in [0, 0.05) is 23.8 Å². The highest BCUT2D eigenvalue weighted by molar-refractivity contribution is 14.1. The molecule has 1 unspecified atom stereocenters. The topological polar surface area (TPSA) is 3.24 Å². The van der Waals surface area contributed by atoms with Crippen molar-refractivity contribution in [1.82, 2.24) is 0 Å². The summed E-state index contributed by atoms with van der Waals surface area (Å²) in [6.45, 7) is 0.458. The molecule has 0 N–H and O–H groups in total. The van der Waals surface area contributed by atoms with E-state index < -0.39 is 11.6 Å². The Kier molecular flexibility index (Phi) is 3.17. The van der Waals surface area contributed by atoms with Gasteiger partial charge in [-0.3, -0.25) is 0 Å². The van der Waals surface area contributed by atoms with Gasteiger partial charge in [-0.05, 0) is 36.1 Å². The van der Waals surface area contributed by atoms with Crippen LogP contribution >= 0.6 is 22.6 Å². The first-order valence-electron chi connectivity index (χ1n) is 7.13. The summed E-state index contributed by atoms with van der Waals surface area (Å²) < 4.78 is 28.0. The van der Waals surface area contributed by atoms with Crippen LogP contribution in [0.15, 0.2) is 36.4 Å². The molecule has 2 aromatic carbocycles. The predicted octanol–water partition coefficient (Wildman–Crippen LogP) is 4.97. The lowest BCUT2D eigenvalue weighted by atomic mass is 10.00. The van der Waals surface area contributed by atoms with Gasteiger partial charge in [0.15, 0.2) is 11.6 Å². The lowest BCUT2D eigenvalue weighted by molar-refractivity contribution is 0.496. The van der Waals surface area contributed by atoms with Gasteiger partial charge in [-0.2, -0.15) is 0 Å². The van der Waals surface area contributed by atoms with Gasteiger partial charge in [0.2, 0.25) is 0 Å². The molecule has 4 rings (SSSR count). The van der Waals surface area contributed by atoms with E-state index in [0.717, 1.165) is 24.1 Å². The van der Waals surface area contributed by atoms with E-state index in [1.807, 2.05) is 12.1 Å². The molecule has 0 amide bonds. The molecule has 0 spiro atoms. The zero-order valence-electron chi connectivity index (χ0n) is 11.3. The van der Waals surface area contributed by atoms with Gasteiger partial charge in [-0.15, -0.1) is 0 Å². The highest BCUT2D eigenvalue weighted by Gasteiger charge is 2.35. The highest BCUT2D eigenvalue weighted by Crippen LogP contribution is 2.46. The van der Waals surface area contributed by atoms with Gasteiger partial charge in [0.1, 0.15) is 0 Å². The highest BCUT2D eigenvalue weighted by atomic mass is 127. The number of anilines is 1. The third kappa shape index (κ3) is 2.15. The van der Waals surface area contributed by atoms with Gasteiger partial charge in [0.05, 0.1) is 3.92 Å². The average Bonchev–Trinajstić information content (AvgIpc) is 3.32. The molecule has 1 heterocycles. The van der Waals surface area contributed by atoms with Crippen molar-refractivity contribution in [2.75, 3.05) is 4.90 Å². The van der Waals surface area contributed by atoms with E-state index in [9.17, 15) is 8.78 Å². The quantitative estimate of drug-likeness (QED) is 0.485. The minimum absolute atomic E-state index is 0.0487. The summed E-state index contributed by atoms with van der Waals surface area (Å²) in [7, 11) is 0. The van der Waals surface area contributed by atoms with E-state index in [2.05, 4.69) is 39.6 Å². The van der Waals surface area contributed by atoms with Crippen LogP contribution in [0.1, 0.15) is 33.5 Å². The Morgan fingerprint density at radius 1 is 1.00 bits per heavy atom. The van der Waals surface area contributed by atoms with Crippen LogP contribution in [0.2, 0.25) is 0 Å². The van der Waals surface area contributed by atoms with Crippen molar-refractivity contribution in [3.63, 3.8) is 0 Å². The normalized spacial score (nSPS) is 20.7. The van der Waals surface area contributed by atoms with Gasteiger partial charge in [-0.1, -0.05) is 46.9 Å². The number of hydrogen-bond acceptors (Lipinski definition) is 1. The third-order valence-electron chi connectivity index (χ3n) is 4.34. The van der Waals surface area contributed by atoms with E-state index in [0.29, 0.717) is 18.2 Å². The zero-order chi connectivity index (χ0) is 14.6. The second-order valence-electron chi connectivity index (χ2n) is 5.71. The SMILES string of the molecule is Fc1ccc2c(c1F)CN(C1CC1)c1ccccc1C2I. The van der Waals surface area contributed by atoms with Crippen LogP contribution in [0.25, 0.3) is 0 Å². The molecule has 1 fully saturated rings. The lowest BCUT2D eigenvalue weighted by Crippen LogP contribution is -2.25. The van der Waals surface area contributed by atoms with Crippen LogP contribution < -0.4 is 4.90 Å². The molecule has 1 aliphatic heterocycles. The Morgan fingerprint density at radius 2 is 1.76 bits per heavy atom. The summed E-state index contributed by atoms with van der Waals surface area (Å²) in [6, 6.07) is 11.7. The Hall–Kier alpha value is -1.17. The molecule has 1 aliphatic carbocycles. The predicted molar refractivity (Wildman–Crippen MR) is 87.9 cm³/mol. The van der Waals surface area contributed by atoms with Crippen LogP contribution in [0.3, 0.4) is 0 Å². The van der Waals surface area contributed by atoms with Gasteiger partial charge < -0.3 is 4.90 Å². The fourth-order valence-electron chi connectivity index (χ4n) is 3.10. The number of nitrogens with zero attached hydrogens (tertiary/aromatic N) is 1. The van der Waals surface area contributed by atoms with Crippen molar-refractivity contribution in [2.24, 2.45) is 0 Å². The summed E-state index contributed by atoms with van der Waals surface area (Å²) in [5.74, 6) is -1.44. The van der Waals surface area contributed by atoms with Gasteiger partial charge >= 0.3 is 0 Å². The Bertz CT molecular complexity index is 712. The molecule has 0 saturated heterocycles. The Morgan fingerprint density at radius 3 is 2.52 bits per heavy atom. The summed E-state index contributed by atoms with van der Waals surface area (Å²) in [6.07, 6.45) is 2.26. The van der Waals surface area contributed by atoms with Crippen LogP contribution in [-0.4, -0.2) is 6.04 Å². The summed E-state index contributed by atoms with van der Waals surface area (Å²) in [5.41, 5.74) is 3.76. The number of halogens is 3. The molecule has 2 aliphatic rings. The van der Waals surface area contributed by atoms with Crippen LogP contribution in [0.5, 0.6) is 0 Å². The summed E-state index contributed by atoms with van der Waals surface area (Å²) in [4.78, 5) is 2.25. The van der Waals surface area contributed by atoms with E-state index in [1.165, 1.54) is 11.6 Å². The molecule has 1 nitrogen and oxygen atoms in total. The van der Waals surface area contributed by atoms with Crippen molar-refractivity contribution in [2.45, 2.75) is 29.4 Å². The first-order chi connectivity index (χ1) is 10.2. The van der Waals surface area contributed by atoms with Crippen LogP contribution in [0.4, 0.5) is 14.5 Å². The van der Waals surface area contributed by atoms with Crippen molar-refractivity contribution >= 4 is 28.3 Å². The smallest absolute Gasteiger partial charge is 0.164 e. The number of alkyl halides is 1. The zero-order valence-corrected chi connectivity index (χ0v) is 13.5. The number of benzene rings is 2. The molecule has 0 aromatic heterocycles. The molecule has 4 heteroatoms. The minimum Gasteiger partial charge on any atom is -0.364 e. The second kappa shape index (κ2) is 4.93. The van der Waals surface area contributed by atoms with Gasteiger partial charge in [0.25, 0.3) is 0 Å². The summed E-state index contributed by atoms with van der Waals surface area (Å²) >= 11 is 2.33. The van der Waals surface area contributed by atoms with E-state index >= 15 is 0 Å². The maximum Gasteiger partial charge on any atom is 0.164 e. The third-order valence-corrected chi connectivity index (χ3v) is 5.68. The van der Waals surface area contributed by atoms with Crippen molar-refractivity contribution in [1.29, 1.82) is 0 Å². The summed E-state index contributed by atoms with van der Waals surface area (Å²) in [5, 5.41) is 0. The number of rotatable bonds is 1. The second-order valence-corrected chi connectivity index (χ2v) is 6.96. The van der Waals surface area contributed by atoms with Crippen molar-refractivity contribution < 1.29 is 8.78 Å². The van der Waals surface area contributed by atoms with Crippen LogP contribution in [0, 0.1) is 11.6 Å². The number of hydrogen-bond donors (Lipinski definition) is 0. The molecular weight excluding hydrogens is 383 g/mol. The maximum atomic E-state index is 14.3. The molecule has 1 saturated carbocycles. The molecular formula is C17H14F2IN. The Labute approximate surface area is 136 Å². The van der Waals surface area contributed by atoms with Gasteiger partial charge in [-0.25, -0.2) is 8.78 Å². The van der Waals surface area contributed by atoms with Crippen LogP contribution in [-0.2, 0) is 6.54 Å². The number of para-hydroxylation sites is 1. The maximum absolute atomic E-state index is 14.3. The standard InChI is InChI=1S/C17H14F2IN/c18-14-8-7-11-13(16(14)19)9-21(10-5-6-10)15-4-2-1-3-12(15)17(11)20/h1-4,7-8,10,17H,5-6,9H2. The van der Waals surface area contributed by atoms with E-state index in [-0.39, 0.29) is 3.92 Å². The molecule has 2 aromatic rings. The monoisotopic (exact) mass is 397 g/mol. The average molecular weight is 397 g/mol. The van der Waals surface area contributed by atoms with Crippen molar-refractivity contribution in [3.05, 3.63) is 64.7 Å². The molecule has 108 valence electrons. The fraction of sp³-hybridized carbons (Fsp3) is 0.294. The first kappa shape index (κ1) is 13.5. The number of fused-ring (bicyclic) bond motifs is 2. The lowest BCUT2D eigenvalue weighted by Gasteiger charge is -2.25. The van der Waals surface area contributed by atoms with E-state index in [4.69, 9.17) is 0 Å². The largest absolute Gasteiger partial charge is 0.364 e. The molecule has 21 heavy (non-hydrogen) atoms. The molecule has 1 atom stereocenters. The minimum atomic E-state index is -0.751. The molecule has 0 radical (unpaired) electrons. The van der Waals surface area contributed by atoms with Crippen molar-refractivity contribution in [3.8, 4) is 0 Å². The Balaban J connectivity index is 1.95. The van der Waals surface area contributed by atoms with E-state index in [1.54, 1.807) is 6.07 Å². The first-order valence-corrected chi connectivity index (χ1v) is 8.38.